The molecule has 0 rings (SSSR count). The van der Waals surface area contributed by atoms with Crippen molar-refractivity contribution in [1.29, 1.82) is 0 Å². The number of hydrogen-bond donors (Lipinski definition) is 1. The van der Waals surface area contributed by atoms with Gasteiger partial charge in [0, 0.05) is 18.8 Å². The van der Waals surface area contributed by atoms with E-state index in [1.807, 2.05) is 21.1 Å². The van der Waals surface area contributed by atoms with E-state index in [-0.39, 0.29) is 24.9 Å². The van der Waals surface area contributed by atoms with Gasteiger partial charge in [-0.1, -0.05) is 50.5 Å². The van der Waals surface area contributed by atoms with Crippen LogP contribution in [0.3, 0.4) is 0 Å². The van der Waals surface area contributed by atoms with Gasteiger partial charge in [0.2, 0.25) is 0 Å². The molecule has 0 aliphatic heterocycles. The molecule has 6 heteroatoms. The van der Waals surface area contributed by atoms with E-state index in [1.165, 1.54) is 19.3 Å². The Balaban J connectivity index is 3.89. The summed E-state index contributed by atoms with van der Waals surface area (Å²) in [4.78, 5) is 22.9. The molecule has 0 bridgehead atoms. The Labute approximate surface area is 189 Å². The molecule has 31 heavy (non-hydrogen) atoms. The molecule has 6 nitrogen and oxygen atoms in total. The number of carboxylic acid groups (broad SMARTS) is 1. The van der Waals surface area contributed by atoms with Gasteiger partial charge in [-0.05, 0) is 44.9 Å². The first kappa shape index (κ1) is 29.3. The molecule has 0 fully saturated rings. The Bertz CT molecular complexity index is 537. The third-order valence-electron chi connectivity index (χ3n) is 4.86. The van der Waals surface area contributed by atoms with Crippen LogP contribution in [0.15, 0.2) is 24.3 Å². The zero-order chi connectivity index (χ0) is 23.5. The number of aliphatic carboxylic acids is 1. The molecule has 0 saturated carbocycles. The van der Waals surface area contributed by atoms with E-state index in [9.17, 15) is 19.8 Å². The average Bonchev–Trinajstić information content (AvgIpc) is 2.64. The highest BCUT2D eigenvalue weighted by atomic mass is 16.5. The monoisotopic (exact) mass is 439 g/mol. The van der Waals surface area contributed by atoms with Crippen molar-refractivity contribution < 1.29 is 29.0 Å². The maximum Gasteiger partial charge on any atom is 0.306 e. The lowest BCUT2D eigenvalue weighted by Crippen LogP contribution is -2.45. The molecule has 0 aromatic carbocycles. The molecule has 0 radical (unpaired) electrons. The molecular weight excluding hydrogens is 394 g/mol. The second-order valence-electron chi connectivity index (χ2n) is 9.31. The second kappa shape index (κ2) is 18.0. The number of carbonyl (C=O) groups is 2. The Morgan fingerprint density at radius 1 is 0.968 bits per heavy atom. The van der Waals surface area contributed by atoms with Gasteiger partial charge in [-0.2, -0.15) is 0 Å². The van der Waals surface area contributed by atoms with Gasteiger partial charge in [0.15, 0.2) is 6.10 Å². The van der Waals surface area contributed by atoms with Gasteiger partial charge < -0.3 is 24.2 Å². The molecule has 0 saturated heterocycles. The Morgan fingerprint density at radius 2 is 1.65 bits per heavy atom. The number of aliphatic hydroxyl groups is 1. The highest BCUT2D eigenvalue weighted by molar-refractivity contribution is 5.70. The van der Waals surface area contributed by atoms with Gasteiger partial charge >= 0.3 is 5.97 Å². The average molecular weight is 440 g/mol. The predicted octanol–water partition coefficient (Wildman–Crippen LogP) is 3.53. The number of carbonyl (C=O) groups excluding carboxylic acids is 2. The first-order valence-electron chi connectivity index (χ1n) is 11.8. The fourth-order valence-electron chi connectivity index (χ4n) is 3.29. The molecule has 0 aromatic rings. The Kier molecular flexibility index (Phi) is 17.0. The number of aliphatic hydroxyl groups excluding tert-OH is 1. The smallest absolute Gasteiger partial charge is 0.306 e. The summed E-state index contributed by atoms with van der Waals surface area (Å²) in [7, 11) is 5.74. The van der Waals surface area contributed by atoms with Crippen LogP contribution in [0.2, 0.25) is 0 Å². The van der Waals surface area contributed by atoms with Crippen LogP contribution in [0.5, 0.6) is 0 Å². The maximum atomic E-state index is 12.0. The van der Waals surface area contributed by atoms with Crippen molar-refractivity contribution in [3.8, 4) is 0 Å². The topological polar surface area (TPSA) is 86.7 Å². The van der Waals surface area contributed by atoms with E-state index in [2.05, 4.69) is 31.2 Å². The van der Waals surface area contributed by atoms with Crippen molar-refractivity contribution in [2.75, 3.05) is 27.7 Å². The van der Waals surface area contributed by atoms with E-state index in [1.54, 1.807) is 0 Å². The summed E-state index contributed by atoms with van der Waals surface area (Å²) in [5.74, 6) is -1.61. The number of quaternary nitrogens is 1. The summed E-state index contributed by atoms with van der Waals surface area (Å²) in [6.07, 6.45) is 17.1. The fraction of sp³-hybridized carbons (Fsp3) is 0.760. The summed E-state index contributed by atoms with van der Waals surface area (Å²) in [6.45, 7) is 2.63. The lowest BCUT2D eigenvalue weighted by atomic mass is 10.1. The van der Waals surface area contributed by atoms with E-state index in [0.29, 0.717) is 23.9 Å². The molecule has 0 heterocycles. The van der Waals surface area contributed by atoms with Crippen molar-refractivity contribution in [3.63, 3.8) is 0 Å². The van der Waals surface area contributed by atoms with Gasteiger partial charge in [0.05, 0.1) is 27.2 Å². The number of nitrogens with zero attached hydrogens (tertiary/aromatic N) is 1. The van der Waals surface area contributed by atoms with Crippen LogP contribution in [0.25, 0.3) is 0 Å². The molecule has 0 spiro atoms. The van der Waals surface area contributed by atoms with Gasteiger partial charge in [0.25, 0.3) is 0 Å². The predicted molar refractivity (Wildman–Crippen MR) is 123 cm³/mol. The second-order valence-corrected chi connectivity index (χ2v) is 9.31. The number of hydrogen-bond acceptors (Lipinski definition) is 5. The summed E-state index contributed by atoms with van der Waals surface area (Å²) < 4.78 is 5.83. The zero-order valence-electron chi connectivity index (χ0n) is 20.2. The van der Waals surface area contributed by atoms with Crippen LogP contribution < -0.4 is 5.11 Å². The first-order chi connectivity index (χ1) is 14.6. The minimum atomic E-state index is -1.22. The number of allylic oxidation sites excluding steroid dienone is 4. The maximum absolute atomic E-state index is 12.0. The highest BCUT2D eigenvalue weighted by Crippen LogP contribution is 2.12. The van der Waals surface area contributed by atoms with Gasteiger partial charge in [-0.25, -0.2) is 0 Å². The molecule has 180 valence electrons. The third kappa shape index (κ3) is 21.4. The number of ether oxygens (including phenoxy) is 1. The molecule has 2 unspecified atom stereocenters. The third-order valence-corrected chi connectivity index (χ3v) is 4.86. The number of likely N-dealkylation sites (N-methyl/N-ethyl adjacent to an activating group) is 1. The van der Waals surface area contributed by atoms with Crippen molar-refractivity contribution >= 4 is 11.9 Å². The molecule has 2 atom stereocenters. The molecule has 0 aliphatic rings. The van der Waals surface area contributed by atoms with E-state index >= 15 is 0 Å². The summed E-state index contributed by atoms with van der Waals surface area (Å²) in [6, 6.07) is 0. The van der Waals surface area contributed by atoms with Crippen molar-refractivity contribution in [2.24, 2.45) is 0 Å². The van der Waals surface area contributed by atoms with Crippen LogP contribution in [0.1, 0.15) is 84.0 Å². The zero-order valence-corrected chi connectivity index (χ0v) is 20.2. The highest BCUT2D eigenvalue weighted by Gasteiger charge is 2.22. The molecular formula is C25H45NO5. The van der Waals surface area contributed by atoms with Crippen molar-refractivity contribution in [2.45, 2.75) is 96.2 Å². The van der Waals surface area contributed by atoms with Crippen molar-refractivity contribution in [3.05, 3.63) is 24.3 Å². The quantitative estimate of drug-likeness (QED) is 0.144. The molecule has 0 aromatic heterocycles. The lowest BCUT2D eigenvalue weighted by Gasteiger charge is -2.29. The van der Waals surface area contributed by atoms with Crippen LogP contribution >= 0.6 is 0 Å². The minimum absolute atomic E-state index is 0.234. The first-order valence-corrected chi connectivity index (χ1v) is 11.8. The molecule has 0 aliphatic carbocycles. The Morgan fingerprint density at radius 3 is 2.26 bits per heavy atom. The number of carboxylic acids is 1. The normalized spacial score (nSPS) is 14.2. The number of esters is 1. The van der Waals surface area contributed by atoms with Gasteiger partial charge in [-0.3, -0.25) is 4.79 Å². The van der Waals surface area contributed by atoms with Crippen LogP contribution in [0.4, 0.5) is 0 Å². The summed E-state index contributed by atoms with van der Waals surface area (Å²) in [5.41, 5.74) is 0. The van der Waals surface area contributed by atoms with E-state index in [0.717, 1.165) is 32.1 Å². The lowest BCUT2D eigenvalue weighted by molar-refractivity contribution is -0.873. The van der Waals surface area contributed by atoms with Crippen LogP contribution in [-0.4, -0.2) is 61.4 Å². The van der Waals surface area contributed by atoms with Crippen LogP contribution in [0, 0.1) is 0 Å². The summed E-state index contributed by atoms with van der Waals surface area (Å²) >= 11 is 0. The van der Waals surface area contributed by atoms with Crippen molar-refractivity contribution in [1.82, 2.24) is 0 Å². The standard InChI is InChI=1S/C25H45NO5/c1-5-6-7-8-9-10-11-12-13-14-17-22(27)18-15-16-19-25(30)31-23(20-24(28)29)21-26(2,3)4/h9-10,12-13,22-23,27H,5-8,11,14-21H2,1-4H3/b10-9+,13-12+. The SMILES string of the molecule is CCCCC/C=C/C/C=C/CCC(O)CCCCC(=O)OC(CC(=O)[O-])C[N+](C)(C)C. The fourth-order valence-corrected chi connectivity index (χ4v) is 3.29. The molecule has 0 amide bonds. The summed E-state index contributed by atoms with van der Waals surface area (Å²) in [5, 5.41) is 20.9. The van der Waals surface area contributed by atoms with Crippen LogP contribution in [-0.2, 0) is 14.3 Å². The minimum Gasteiger partial charge on any atom is -0.550 e. The van der Waals surface area contributed by atoms with Gasteiger partial charge in [0.1, 0.15) is 6.54 Å². The molecule has 1 N–H and O–H groups in total. The number of rotatable bonds is 19. The Hall–Kier alpha value is -1.66. The van der Waals surface area contributed by atoms with Gasteiger partial charge in [-0.15, -0.1) is 0 Å². The number of unbranched alkanes of at least 4 members (excludes halogenated alkanes) is 4. The van der Waals surface area contributed by atoms with E-state index < -0.39 is 12.1 Å². The largest absolute Gasteiger partial charge is 0.550 e. The van der Waals surface area contributed by atoms with E-state index in [4.69, 9.17) is 4.74 Å².